The van der Waals surface area contributed by atoms with Crippen LogP contribution in [0.3, 0.4) is 0 Å². The Kier molecular flexibility index (Phi) is 3.74. The fourth-order valence-corrected chi connectivity index (χ4v) is 1.71. The number of rotatable bonds is 3. The summed E-state index contributed by atoms with van der Waals surface area (Å²) in [7, 11) is 0. The lowest BCUT2D eigenvalue weighted by molar-refractivity contribution is 0.0353. The molecule has 2 rings (SSSR count). The zero-order chi connectivity index (χ0) is 11.4. The summed E-state index contributed by atoms with van der Waals surface area (Å²) in [5.41, 5.74) is 0. The molecule has 1 fully saturated rings. The van der Waals surface area contributed by atoms with Gasteiger partial charge in [-0.1, -0.05) is 0 Å². The number of ether oxygens (including phenoxy) is 2. The summed E-state index contributed by atoms with van der Waals surface area (Å²) in [5.74, 6) is 0.432. The fourth-order valence-electron chi connectivity index (χ4n) is 1.71. The van der Waals surface area contributed by atoms with Gasteiger partial charge in [-0.25, -0.2) is 4.39 Å². The van der Waals surface area contributed by atoms with Crippen molar-refractivity contribution in [3.05, 3.63) is 30.1 Å². The van der Waals surface area contributed by atoms with Crippen LogP contribution in [0.2, 0.25) is 0 Å². The van der Waals surface area contributed by atoms with E-state index >= 15 is 0 Å². The molecule has 0 bridgehead atoms. The number of halogens is 1. The Morgan fingerprint density at radius 1 is 1.38 bits per heavy atom. The van der Waals surface area contributed by atoms with E-state index in [1.807, 2.05) is 0 Å². The molecule has 3 nitrogen and oxygen atoms in total. The number of hydrogen-bond donors (Lipinski definition) is 1. The van der Waals surface area contributed by atoms with Gasteiger partial charge >= 0.3 is 0 Å². The summed E-state index contributed by atoms with van der Waals surface area (Å²) in [6.07, 6.45) is 0. The second-order valence-electron chi connectivity index (χ2n) is 4.07. The van der Waals surface area contributed by atoms with E-state index in [2.05, 4.69) is 12.2 Å². The van der Waals surface area contributed by atoms with E-state index in [1.165, 1.54) is 12.1 Å². The second kappa shape index (κ2) is 5.27. The van der Waals surface area contributed by atoms with Gasteiger partial charge in [0.1, 0.15) is 18.2 Å². The van der Waals surface area contributed by atoms with Crippen LogP contribution >= 0.6 is 0 Å². The molecule has 0 aromatic heterocycles. The Morgan fingerprint density at radius 2 is 2.12 bits per heavy atom. The van der Waals surface area contributed by atoms with Gasteiger partial charge in [0.05, 0.1) is 19.3 Å². The van der Waals surface area contributed by atoms with Gasteiger partial charge in [0.15, 0.2) is 0 Å². The van der Waals surface area contributed by atoms with Gasteiger partial charge in [0.25, 0.3) is 0 Å². The topological polar surface area (TPSA) is 30.5 Å². The molecule has 1 N–H and O–H groups in total. The first-order valence-electron chi connectivity index (χ1n) is 5.46. The zero-order valence-electron chi connectivity index (χ0n) is 9.28. The van der Waals surface area contributed by atoms with Crippen LogP contribution in [0.1, 0.15) is 6.92 Å². The quantitative estimate of drug-likeness (QED) is 0.847. The maximum absolute atomic E-state index is 12.6. The molecule has 1 aliphatic rings. The van der Waals surface area contributed by atoms with Crippen LogP contribution in [-0.4, -0.2) is 31.9 Å². The van der Waals surface area contributed by atoms with Gasteiger partial charge in [-0.05, 0) is 31.2 Å². The number of morpholine rings is 1. The van der Waals surface area contributed by atoms with Crippen LogP contribution in [0.4, 0.5) is 4.39 Å². The summed E-state index contributed by atoms with van der Waals surface area (Å²) in [6, 6.07) is 6.60. The molecule has 0 saturated carbocycles. The van der Waals surface area contributed by atoms with Gasteiger partial charge in [0, 0.05) is 6.04 Å². The lowest BCUT2D eigenvalue weighted by Crippen LogP contribution is -2.50. The minimum absolute atomic E-state index is 0.203. The van der Waals surface area contributed by atoms with E-state index in [1.54, 1.807) is 12.1 Å². The normalized spacial score (nSPS) is 25.4. The lowest BCUT2D eigenvalue weighted by Gasteiger charge is -2.28. The van der Waals surface area contributed by atoms with Crippen LogP contribution in [0.15, 0.2) is 24.3 Å². The van der Waals surface area contributed by atoms with Crippen molar-refractivity contribution in [2.45, 2.75) is 19.0 Å². The van der Waals surface area contributed by atoms with E-state index in [0.717, 1.165) is 6.61 Å². The van der Waals surface area contributed by atoms with Crippen molar-refractivity contribution in [2.75, 3.05) is 19.8 Å². The van der Waals surface area contributed by atoms with Crippen molar-refractivity contribution in [3.8, 4) is 5.75 Å². The molecule has 16 heavy (non-hydrogen) atoms. The SMILES string of the molecule is CC1COCC(COc2ccc(F)cc2)N1. The highest BCUT2D eigenvalue weighted by Gasteiger charge is 2.18. The van der Waals surface area contributed by atoms with E-state index in [9.17, 15) is 4.39 Å². The number of hydrogen-bond acceptors (Lipinski definition) is 3. The standard InChI is InChI=1S/C12H16FNO2/c1-9-6-15-7-11(14-9)8-16-12-4-2-10(13)3-5-12/h2-5,9,11,14H,6-8H2,1H3. The highest BCUT2D eigenvalue weighted by atomic mass is 19.1. The molecule has 88 valence electrons. The summed E-state index contributed by atoms with van der Waals surface area (Å²) in [4.78, 5) is 0. The third kappa shape index (κ3) is 3.18. The average Bonchev–Trinajstić information content (AvgIpc) is 2.28. The molecular formula is C12H16FNO2. The predicted octanol–water partition coefficient (Wildman–Crippen LogP) is 1.58. The first-order chi connectivity index (χ1) is 7.74. The maximum Gasteiger partial charge on any atom is 0.123 e. The van der Waals surface area contributed by atoms with E-state index in [-0.39, 0.29) is 11.9 Å². The molecule has 0 aliphatic carbocycles. The molecule has 1 aromatic rings. The Bertz CT molecular complexity index is 328. The molecule has 4 heteroatoms. The van der Waals surface area contributed by atoms with E-state index in [0.29, 0.717) is 25.0 Å². The summed E-state index contributed by atoms with van der Waals surface area (Å²) in [6.45, 7) is 4.01. The first kappa shape index (κ1) is 11.4. The van der Waals surface area contributed by atoms with E-state index in [4.69, 9.17) is 9.47 Å². The zero-order valence-corrected chi connectivity index (χ0v) is 9.28. The smallest absolute Gasteiger partial charge is 0.123 e. The van der Waals surface area contributed by atoms with Gasteiger partial charge in [0.2, 0.25) is 0 Å². The molecule has 1 aliphatic heterocycles. The van der Waals surface area contributed by atoms with Crippen LogP contribution < -0.4 is 10.1 Å². The molecule has 2 atom stereocenters. The van der Waals surface area contributed by atoms with Gasteiger partial charge in [-0.2, -0.15) is 0 Å². The van der Waals surface area contributed by atoms with Gasteiger partial charge in [-0.3, -0.25) is 0 Å². The number of benzene rings is 1. The molecule has 1 heterocycles. The predicted molar refractivity (Wildman–Crippen MR) is 59.1 cm³/mol. The monoisotopic (exact) mass is 225 g/mol. The van der Waals surface area contributed by atoms with Crippen molar-refractivity contribution in [1.29, 1.82) is 0 Å². The average molecular weight is 225 g/mol. The Labute approximate surface area is 94.6 Å². The van der Waals surface area contributed by atoms with Crippen LogP contribution in [0.25, 0.3) is 0 Å². The molecule has 2 unspecified atom stereocenters. The summed E-state index contributed by atoms with van der Waals surface area (Å²) < 4.78 is 23.6. The second-order valence-corrected chi connectivity index (χ2v) is 4.07. The van der Waals surface area contributed by atoms with E-state index < -0.39 is 0 Å². The molecule has 0 amide bonds. The third-order valence-corrected chi connectivity index (χ3v) is 2.47. The largest absolute Gasteiger partial charge is 0.492 e. The van der Waals surface area contributed by atoms with Crippen LogP contribution in [0, 0.1) is 5.82 Å². The summed E-state index contributed by atoms with van der Waals surface area (Å²) >= 11 is 0. The minimum atomic E-state index is -0.250. The molecule has 0 spiro atoms. The van der Waals surface area contributed by atoms with Crippen molar-refractivity contribution in [1.82, 2.24) is 5.32 Å². The Hall–Kier alpha value is -1.13. The van der Waals surface area contributed by atoms with Gasteiger partial charge < -0.3 is 14.8 Å². The molecule has 1 aromatic carbocycles. The highest BCUT2D eigenvalue weighted by Crippen LogP contribution is 2.11. The van der Waals surface area contributed by atoms with Crippen molar-refractivity contribution in [2.24, 2.45) is 0 Å². The maximum atomic E-state index is 12.6. The Balaban J connectivity index is 1.80. The molecule has 1 saturated heterocycles. The molecular weight excluding hydrogens is 209 g/mol. The lowest BCUT2D eigenvalue weighted by atomic mass is 10.2. The fraction of sp³-hybridized carbons (Fsp3) is 0.500. The summed E-state index contributed by atoms with van der Waals surface area (Å²) in [5, 5.41) is 3.37. The Morgan fingerprint density at radius 3 is 2.81 bits per heavy atom. The van der Waals surface area contributed by atoms with Crippen molar-refractivity contribution < 1.29 is 13.9 Å². The number of nitrogens with one attached hydrogen (secondary N) is 1. The van der Waals surface area contributed by atoms with Crippen LogP contribution in [-0.2, 0) is 4.74 Å². The first-order valence-corrected chi connectivity index (χ1v) is 5.46. The third-order valence-electron chi connectivity index (χ3n) is 2.47. The minimum Gasteiger partial charge on any atom is -0.492 e. The van der Waals surface area contributed by atoms with Crippen molar-refractivity contribution >= 4 is 0 Å². The highest BCUT2D eigenvalue weighted by molar-refractivity contribution is 5.22. The van der Waals surface area contributed by atoms with Crippen LogP contribution in [0.5, 0.6) is 5.75 Å². The molecule has 0 radical (unpaired) electrons. The van der Waals surface area contributed by atoms with Gasteiger partial charge in [-0.15, -0.1) is 0 Å². The van der Waals surface area contributed by atoms with Crippen molar-refractivity contribution in [3.63, 3.8) is 0 Å².